The number of aliphatic hydroxyl groups is 1. The van der Waals surface area contributed by atoms with Gasteiger partial charge >= 0.3 is 11.9 Å². The highest BCUT2D eigenvalue weighted by molar-refractivity contribution is 7.72. The van der Waals surface area contributed by atoms with Crippen molar-refractivity contribution in [2.75, 3.05) is 13.1 Å². The largest absolute Gasteiger partial charge is 0.510 e. The summed E-state index contributed by atoms with van der Waals surface area (Å²) in [7, 11) is 0. The number of rotatable bonds is 16. The average molecular weight is 1390 g/mol. The average Bonchev–Trinajstić information content (AvgIpc) is 1.77. The van der Waals surface area contributed by atoms with Crippen LogP contribution < -0.4 is 22.2 Å². The fourth-order valence-corrected chi connectivity index (χ4v) is 13.2. The molecule has 4 unspecified atom stereocenters. The summed E-state index contributed by atoms with van der Waals surface area (Å²) in [6, 6.07) is 34.2. The van der Waals surface area contributed by atoms with Crippen LogP contribution >= 0.6 is 36.7 Å². The van der Waals surface area contributed by atoms with Gasteiger partial charge in [-0.2, -0.15) is 5.10 Å². The molecule has 1 amide bonds. The number of aromatic nitrogens is 16. The van der Waals surface area contributed by atoms with Crippen molar-refractivity contribution in [3.63, 3.8) is 0 Å². The molecule has 4 aromatic carbocycles. The van der Waals surface area contributed by atoms with Crippen LogP contribution in [-0.2, 0) is 23.9 Å². The number of carbonyl (C=O) groups is 3. The molecule has 0 radical (unpaired) electrons. The zero-order valence-electron chi connectivity index (χ0n) is 53.9. The second-order valence-corrected chi connectivity index (χ2v) is 24.7. The number of hydrogen-bond donors (Lipinski definition) is 8. The molecule has 0 bridgehead atoms. The zero-order valence-corrected chi connectivity index (χ0v) is 56.4. The highest BCUT2D eigenvalue weighted by Crippen LogP contribution is 2.30. The van der Waals surface area contributed by atoms with E-state index in [1.165, 1.54) is 30.0 Å². The van der Waals surface area contributed by atoms with Crippen molar-refractivity contribution in [1.29, 1.82) is 0 Å². The molecule has 8 heterocycles. The van der Waals surface area contributed by atoms with Crippen molar-refractivity contribution < 1.29 is 29.0 Å². The molecule has 0 spiro atoms. The third-order valence-electron chi connectivity index (χ3n) is 17.3. The van der Waals surface area contributed by atoms with Crippen LogP contribution in [0.1, 0.15) is 124 Å². The number of fused-ring (bicyclic) bond motifs is 4. The van der Waals surface area contributed by atoms with Crippen molar-refractivity contribution in [3.8, 4) is 0 Å². The van der Waals surface area contributed by atoms with E-state index in [1.54, 1.807) is 55.4 Å². The molecule has 0 saturated heterocycles. The van der Waals surface area contributed by atoms with Gasteiger partial charge in [0.05, 0.1) is 30.6 Å². The maximum atomic E-state index is 13.1. The maximum absolute atomic E-state index is 13.1. The van der Waals surface area contributed by atoms with Crippen molar-refractivity contribution in [1.82, 2.24) is 83.9 Å². The zero-order chi connectivity index (χ0) is 69.7. The summed E-state index contributed by atoms with van der Waals surface area (Å²) in [5.74, 6) is -0.960. The van der Waals surface area contributed by atoms with E-state index in [-0.39, 0.29) is 72.0 Å². The van der Waals surface area contributed by atoms with Gasteiger partial charge in [0, 0.05) is 13.1 Å². The second kappa shape index (κ2) is 31.8. The van der Waals surface area contributed by atoms with Crippen LogP contribution in [-0.4, -0.2) is 132 Å². The Bertz CT molecular complexity index is 5080. The van der Waals surface area contributed by atoms with Gasteiger partial charge in [-0.3, -0.25) is 64.2 Å². The number of allylic oxidation sites excluding steroid dienone is 1. The minimum atomic E-state index is -0.994. The monoisotopic (exact) mass is 1390 g/mol. The Morgan fingerprint density at radius 3 is 1.27 bits per heavy atom. The summed E-state index contributed by atoms with van der Waals surface area (Å²) < 4.78 is 18.6. The third-order valence-corrected chi connectivity index (χ3v) is 18.5. The van der Waals surface area contributed by atoms with Crippen LogP contribution in [0.4, 0.5) is 0 Å². The van der Waals surface area contributed by atoms with Gasteiger partial charge in [0.25, 0.3) is 22.2 Å². The van der Waals surface area contributed by atoms with E-state index in [0.29, 0.717) is 40.2 Å². The Morgan fingerprint density at radius 2 is 0.848 bits per heavy atom. The maximum Gasteiger partial charge on any atom is 0.334 e. The lowest BCUT2D eigenvalue weighted by molar-refractivity contribution is -0.154. The predicted molar refractivity (Wildman–Crippen MR) is 379 cm³/mol. The van der Waals surface area contributed by atoms with E-state index >= 15 is 0 Å². The van der Waals surface area contributed by atoms with Gasteiger partial charge in [-0.15, -0.1) is 0 Å². The first-order valence-electron chi connectivity index (χ1n) is 32.3. The quantitative estimate of drug-likeness (QED) is 0.0253. The number of benzene rings is 4. The molecule has 8 N–H and O–H groups in total. The van der Waals surface area contributed by atoms with Crippen molar-refractivity contribution in [3.05, 3.63) is 243 Å². The number of nitrogens with one attached hydrogen (secondary N) is 7. The molecule has 2 saturated carbocycles. The fourth-order valence-electron chi connectivity index (χ4n) is 12.2. The molecule has 27 nitrogen and oxygen atoms in total. The number of esters is 2. The Kier molecular flexibility index (Phi) is 22.3. The number of H-pyrrole nitrogens is 7. The summed E-state index contributed by atoms with van der Waals surface area (Å²) in [6.45, 7) is 8.84. The van der Waals surface area contributed by atoms with Gasteiger partial charge in [-0.1, -0.05) is 177 Å². The molecule has 8 aromatic heterocycles. The Labute approximate surface area is 578 Å². The normalized spacial score (nSPS) is 14.5. The van der Waals surface area contributed by atoms with E-state index < -0.39 is 41.3 Å². The number of aliphatic hydroxyl groups excluding tert-OH is 1. The molecular weight excluding hydrogens is 1320 g/mol. The molecule has 2 aliphatic carbocycles. The van der Waals surface area contributed by atoms with E-state index in [2.05, 4.69) is 67.3 Å². The summed E-state index contributed by atoms with van der Waals surface area (Å²) >= 11 is 16.5. The molecule has 0 aliphatic heterocycles. The van der Waals surface area contributed by atoms with Crippen molar-refractivity contribution in [2.24, 2.45) is 0 Å². The minimum Gasteiger partial charge on any atom is -0.510 e. The van der Waals surface area contributed by atoms with Crippen LogP contribution in [0.3, 0.4) is 0 Å². The van der Waals surface area contributed by atoms with Gasteiger partial charge in [0.15, 0.2) is 40.1 Å². The predicted octanol–water partition coefficient (Wildman–Crippen LogP) is 10.5. The standard InChI is InChI=1S/C19H20N4O4.C19H20N4O3S.C17H19N5OS.C14H12N4O2S/c24-17-14-16(21-22-17)20-11-23(18(14)25)15(12-7-3-1-4-8-12)19(26)27-13-9-5-2-6-10-13;24-17-14-16(21-22-17)20-11-23(18(14)27)15(12-7-3-1-4-8-12)19(25)26-13-9-5-2-6-10-13;1-3-21(4-2)16(23)14(12-8-6-5-7-9-12)22-11-18-15-13(17(22)24)10-19-20-15;1-8(19)11(9-5-3-2-4-6-9)18-7-15-12-10(14(18)21)13(20)17-16-12/h2*1,3-4,7-8,11,13,15H,2,5-6,9-10H2,(H2,21,22,24);5-11,14H,3-4H2,1-2H3,(H,19,20);2-7,11,19H,1H2,(H2,16,17,20). The van der Waals surface area contributed by atoms with Gasteiger partial charge in [-0.25, -0.2) is 29.5 Å². The molecule has 30 heteroatoms. The van der Waals surface area contributed by atoms with Gasteiger partial charge in [0.2, 0.25) is 5.91 Å². The van der Waals surface area contributed by atoms with Crippen molar-refractivity contribution in [2.45, 2.75) is 114 Å². The van der Waals surface area contributed by atoms with Crippen molar-refractivity contribution >= 4 is 98.6 Å². The molecule has 2 fully saturated rings. The lowest BCUT2D eigenvalue weighted by atomic mass is 9.97. The smallest absolute Gasteiger partial charge is 0.334 e. The summed E-state index contributed by atoms with van der Waals surface area (Å²) in [5.41, 5.74) is 2.72. The number of ether oxygens (including phenoxy) is 2. The first-order valence-corrected chi connectivity index (χ1v) is 33.5. The Hall–Kier alpha value is -11.1. The first kappa shape index (κ1) is 69.2. The summed E-state index contributed by atoms with van der Waals surface area (Å²) in [4.78, 5) is 107. The lowest BCUT2D eigenvalue weighted by Gasteiger charge is -2.27. The molecule has 510 valence electrons. The topological polar surface area (TPSA) is 356 Å². The number of hydrogen-bond acceptors (Lipinski definition) is 18. The molecule has 12 aromatic rings. The highest BCUT2D eigenvalue weighted by Gasteiger charge is 2.32. The highest BCUT2D eigenvalue weighted by atomic mass is 32.1. The fraction of sp³-hybridized carbons (Fsp3) is 0.290. The van der Waals surface area contributed by atoms with E-state index in [1.807, 2.05) is 111 Å². The minimum absolute atomic E-state index is 0.00643. The molecule has 2 aliphatic rings. The Balaban J connectivity index is 0.000000134. The number of carbonyl (C=O) groups excluding carboxylic acids is 3. The molecule has 14 rings (SSSR count). The van der Waals surface area contributed by atoms with E-state index in [4.69, 9.17) is 46.1 Å². The SMILES string of the molecule is C=C(O)C(c1ccccc1)n1cnc2[nH][nH]c(=O)c2c1=S.CCN(CC)C(=O)C(c1ccccc1)n1cnc2[nH]ncc2c1=S.O=C(OC1CCCCC1)C(c1ccccc1)n1cnc2[nH][nH]c(=O)c2c1=O.O=C(OC1CCCCC1)C(c1ccccc1)n1cnc2[nH][nH]c(=O)c2c1=S. The summed E-state index contributed by atoms with van der Waals surface area (Å²) in [6.07, 6.45) is 17.2. The second-order valence-electron chi connectivity index (χ2n) is 23.5. The third kappa shape index (κ3) is 15.4. The number of likely N-dealkylation sites (N-methyl/N-ethyl adjacent to an activating group) is 1. The molecule has 4 atom stereocenters. The van der Waals surface area contributed by atoms with Crippen LogP contribution in [0.5, 0.6) is 0 Å². The van der Waals surface area contributed by atoms with Crippen LogP contribution in [0.25, 0.3) is 44.1 Å². The molecule has 99 heavy (non-hydrogen) atoms. The summed E-state index contributed by atoms with van der Waals surface area (Å²) in [5, 5.41) is 33.1. The van der Waals surface area contributed by atoms with E-state index in [0.717, 1.165) is 79.9 Å². The Morgan fingerprint density at radius 1 is 0.495 bits per heavy atom. The number of aromatic amines is 7. The van der Waals surface area contributed by atoms with Gasteiger partial charge in [0.1, 0.15) is 61.1 Å². The van der Waals surface area contributed by atoms with E-state index in [9.17, 15) is 38.7 Å². The number of nitrogens with zero attached hydrogens (tertiary/aromatic N) is 10. The van der Waals surface area contributed by atoms with Gasteiger partial charge in [-0.05, 0) is 87.5 Å². The molecular formula is C69H71N17O10S3. The lowest BCUT2D eigenvalue weighted by Crippen LogP contribution is -2.38. The first-order chi connectivity index (χ1) is 48.1. The van der Waals surface area contributed by atoms with Crippen LogP contribution in [0.15, 0.2) is 184 Å². The van der Waals surface area contributed by atoms with Crippen LogP contribution in [0, 0.1) is 13.9 Å². The van der Waals surface area contributed by atoms with Gasteiger partial charge < -0.3 is 33.2 Å². The number of amides is 1. The van der Waals surface area contributed by atoms with Crippen LogP contribution in [0.2, 0.25) is 0 Å².